The number of carbonyl (C=O) groups excluding carboxylic acids is 1. The third-order valence-corrected chi connectivity index (χ3v) is 7.00. The van der Waals surface area contributed by atoms with Gasteiger partial charge in [0, 0.05) is 21.6 Å². The van der Waals surface area contributed by atoms with E-state index in [0.29, 0.717) is 15.1 Å². The molecule has 3 aromatic carbocycles. The SMILES string of the molecule is NC(=O)C(c1ccccc1)N(Cc1ccc(Br)cc1F)S(=O)(=O)c1ccc(Cl)cc1. The third kappa shape index (κ3) is 4.89. The fourth-order valence-electron chi connectivity index (χ4n) is 2.98. The van der Waals surface area contributed by atoms with Crippen LogP contribution in [-0.2, 0) is 21.4 Å². The van der Waals surface area contributed by atoms with Crippen molar-refractivity contribution in [3.8, 4) is 0 Å². The molecule has 0 bridgehead atoms. The van der Waals surface area contributed by atoms with Gasteiger partial charge in [0.25, 0.3) is 0 Å². The van der Waals surface area contributed by atoms with E-state index in [0.717, 1.165) is 4.31 Å². The van der Waals surface area contributed by atoms with Crippen molar-refractivity contribution in [1.82, 2.24) is 4.31 Å². The zero-order valence-corrected chi connectivity index (χ0v) is 18.7. The first-order valence-corrected chi connectivity index (χ1v) is 11.4. The van der Waals surface area contributed by atoms with E-state index in [2.05, 4.69) is 15.9 Å². The van der Waals surface area contributed by atoms with Crippen molar-refractivity contribution >= 4 is 43.5 Å². The molecule has 3 aromatic rings. The maximum atomic E-state index is 14.5. The maximum absolute atomic E-state index is 14.5. The summed E-state index contributed by atoms with van der Waals surface area (Å²) in [5, 5.41) is 0.356. The Morgan fingerprint density at radius 2 is 1.70 bits per heavy atom. The van der Waals surface area contributed by atoms with Crippen LogP contribution in [0.4, 0.5) is 4.39 Å². The van der Waals surface area contributed by atoms with Gasteiger partial charge in [-0.3, -0.25) is 4.79 Å². The van der Waals surface area contributed by atoms with Gasteiger partial charge in [0.05, 0.1) is 4.90 Å². The number of halogens is 3. The largest absolute Gasteiger partial charge is 0.368 e. The number of nitrogens with two attached hydrogens (primary N) is 1. The summed E-state index contributed by atoms with van der Waals surface area (Å²) >= 11 is 9.05. The molecule has 0 aliphatic heterocycles. The van der Waals surface area contributed by atoms with Crippen molar-refractivity contribution < 1.29 is 17.6 Å². The molecule has 2 N–H and O–H groups in total. The van der Waals surface area contributed by atoms with Gasteiger partial charge in [-0.2, -0.15) is 4.31 Å². The van der Waals surface area contributed by atoms with Crippen molar-refractivity contribution in [3.63, 3.8) is 0 Å². The van der Waals surface area contributed by atoms with Crippen LogP contribution in [0, 0.1) is 5.82 Å². The minimum Gasteiger partial charge on any atom is -0.368 e. The van der Waals surface area contributed by atoms with Gasteiger partial charge in [-0.05, 0) is 42.0 Å². The lowest BCUT2D eigenvalue weighted by molar-refractivity contribution is -0.122. The molecule has 1 atom stereocenters. The standard InChI is InChI=1S/C21H17BrClFN2O3S/c22-16-7-6-15(19(24)12-16)13-26(20(21(25)27)14-4-2-1-3-5-14)30(28,29)18-10-8-17(23)9-11-18/h1-12,20H,13H2,(H2,25,27). The number of benzene rings is 3. The second-order valence-electron chi connectivity index (χ2n) is 6.46. The normalized spacial score (nSPS) is 12.7. The highest BCUT2D eigenvalue weighted by atomic mass is 79.9. The molecule has 5 nitrogen and oxygen atoms in total. The number of rotatable bonds is 7. The van der Waals surface area contributed by atoms with Gasteiger partial charge in [-0.25, -0.2) is 12.8 Å². The van der Waals surface area contributed by atoms with Crippen LogP contribution in [0.5, 0.6) is 0 Å². The van der Waals surface area contributed by atoms with E-state index < -0.39 is 34.3 Å². The van der Waals surface area contributed by atoms with Gasteiger partial charge in [-0.1, -0.05) is 63.9 Å². The van der Waals surface area contributed by atoms with Crippen molar-refractivity contribution in [2.45, 2.75) is 17.5 Å². The first kappa shape index (κ1) is 22.4. The first-order valence-electron chi connectivity index (χ1n) is 8.76. The molecule has 3 rings (SSSR count). The highest BCUT2D eigenvalue weighted by Gasteiger charge is 2.36. The van der Waals surface area contributed by atoms with Crippen LogP contribution in [0.1, 0.15) is 17.2 Å². The molecule has 30 heavy (non-hydrogen) atoms. The molecule has 0 spiro atoms. The quantitative estimate of drug-likeness (QED) is 0.501. The average molecular weight is 512 g/mol. The number of primary amides is 1. The number of hydrogen-bond acceptors (Lipinski definition) is 3. The summed E-state index contributed by atoms with van der Waals surface area (Å²) in [5.41, 5.74) is 6.09. The maximum Gasteiger partial charge on any atom is 0.244 e. The highest BCUT2D eigenvalue weighted by molar-refractivity contribution is 9.10. The number of hydrogen-bond donors (Lipinski definition) is 1. The van der Waals surface area contributed by atoms with Crippen LogP contribution >= 0.6 is 27.5 Å². The van der Waals surface area contributed by atoms with E-state index in [-0.39, 0.29) is 10.5 Å². The van der Waals surface area contributed by atoms with E-state index in [1.807, 2.05) is 0 Å². The fourth-order valence-corrected chi connectivity index (χ4v) is 5.00. The number of sulfonamides is 1. The Morgan fingerprint density at radius 1 is 1.07 bits per heavy atom. The predicted molar refractivity (Wildman–Crippen MR) is 117 cm³/mol. The van der Waals surface area contributed by atoms with Gasteiger partial charge in [0.1, 0.15) is 11.9 Å². The number of carbonyl (C=O) groups is 1. The average Bonchev–Trinajstić information content (AvgIpc) is 2.70. The van der Waals surface area contributed by atoms with Gasteiger partial charge in [0.15, 0.2) is 0 Å². The smallest absolute Gasteiger partial charge is 0.244 e. The summed E-state index contributed by atoms with van der Waals surface area (Å²) in [7, 11) is -4.24. The van der Waals surface area contributed by atoms with Crippen LogP contribution in [0.3, 0.4) is 0 Å². The zero-order chi connectivity index (χ0) is 21.9. The molecule has 0 fully saturated rings. The fraction of sp³-hybridized carbons (Fsp3) is 0.0952. The van der Waals surface area contributed by atoms with Gasteiger partial charge in [-0.15, -0.1) is 0 Å². The van der Waals surface area contributed by atoms with Gasteiger partial charge in [0.2, 0.25) is 15.9 Å². The molecule has 1 unspecified atom stereocenters. The lowest BCUT2D eigenvalue weighted by Crippen LogP contribution is -2.41. The molecule has 0 aromatic heterocycles. The van der Waals surface area contributed by atoms with E-state index in [4.69, 9.17) is 17.3 Å². The summed E-state index contributed by atoms with van der Waals surface area (Å²) < 4.78 is 42.9. The molecular formula is C21H17BrClFN2O3S. The molecule has 0 saturated carbocycles. The molecule has 0 saturated heterocycles. The summed E-state index contributed by atoms with van der Waals surface area (Å²) in [4.78, 5) is 12.3. The minimum atomic E-state index is -4.24. The van der Waals surface area contributed by atoms with Crippen LogP contribution in [0.2, 0.25) is 5.02 Å². The Bertz CT molecular complexity index is 1160. The van der Waals surface area contributed by atoms with Gasteiger partial charge < -0.3 is 5.73 Å². The Kier molecular flexibility index (Phi) is 6.92. The second-order valence-corrected chi connectivity index (χ2v) is 9.70. The zero-order valence-electron chi connectivity index (χ0n) is 15.5. The Hall–Kier alpha value is -2.26. The Labute approximate surface area is 187 Å². The number of amides is 1. The minimum absolute atomic E-state index is 0.0911. The highest BCUT2D eigenvalue weighted by Crippen LogP contribution is 2.31. The monoisotopic (exact) mass is 510 g/mol. The van der Waals surface area contributed by atoms with Gasteiger partial charge >= 0.3 is 0 Å². The van der Waals surface area contributed by atoms with Crippen molar-refractivity contribution in [3.05, 3.63) is 99.2 Å². The molecule has 0 aliphatic rings. The lowest BCUT2D eigenvalue weighted by atomic mass is 10.1. The molecule has 1 amide bonds. The topological polar surface area (TPSA) is 80.5 Å². The lowest BCUT2D eigenvalue weighted by Gasteiger charge is -2.29. The summed E-state index contributed by atoms with van der Waals surface area (Å²) in [6.07, 6.45) is 0. The van der Waals surface area contributed by atoms with E-state index >= 15 is 0 Å². The Balaban J connectivity index is 2.16. The van der Waals surface area contributed by atoms with Crippen molar-refractivity contribution in [1.29, 1.82) is 0 Å². The molecule has 0 aliphatic carbocycles. The molecule has 156 valence electrons. The van der Waals surface area contributed by atoms with Crippen LogP contribution in [-0.4, -0.2) is 18.6 Å². The number of nitrogens with zero attached hydrogens (tertiary/aromatic N) is 1. The molecule has 9 heteroatoms. The van der Waals surface area contributed by atoms with Crippen LogP contribution in [0.15, 0.2) is 82.2 Å². The third-order valence-electron chi connectivity index (χ3n) is 4.43. The van der Waals surface area contributed by atoms with E-state index in [9.17, 15) is 17.6 Å². The molecule has 0 radical (unpaired) electrons. The van der Waals surface area contributed by atoms with Crippen LogP contribution in [0.25, 0.3) is 0 Å². The van der Waals surface area contributed by atoms with Crippen molar-refractivity contribution in [2.24, 2.45) is 5.73 Å². The van der Waals surface area contributed by atoms with Crippen LogP contribution < -0.4 is 5.73 Å². The Morgan fingerprint density at radius 3 is 2.27 bits per heavy atom. The van der Waals surface area contributed by atoms with Crippen molar-refractivity contribution in [2.75, 3.05) is 0 Å². The predicted octanol–water partition coefficient (Wildman–Crippen LogP) is 4.66. The summed E-state index contributed by atoms with van der Waals surface area (Å²) in [6.45, 7) is -0.396. The summed E-state index contributed by atoms with van der Waals surface area (Å²) in [6, 6.07) is 16.7. The van der Waals surface area contributed by atoms with E-state index in [1.165, 1.54) is 36.4 Å². The molecular weight excluding hydrogens is 495 g/mol. The first-order chi connectivity index (χ1) is 14.2. The second kappa shape index (κ2) is 9.26. The van der Waals surface area contributed by atoms with E-state index in [1.54, 1.807) is 36.4 Å². The molecule has 0 heterocycles. The summed E-state index contributed by atoms with van der Waals surface area (Å²) in [5.74, 6) is -1.49.